The number of halogens is 3. The summed E-state index contributed by atoms with van der Waals surface area (Å²) in [5.74, 6) is -0.0801. The molecule has 1 atom stereocenters. The lowest BCUT2D eigenvalue weighted by Gasteiger charge is -2.17. The molecule has 0 saturated carbocycles. The molecular formula is C15H15F3N2. The molecule has 0 bridgehead atoms. The smallest absolute Gasteiger partial charge is 0.330 e. The van der Waals surface area contributed by atoms with Gasteiger partial charge in [-0.15, -0.1) is 0 Å². The number of pyridine rings is 1. The van der Waals surface area contributed by atoms with Gasteiger partial charge >= 0.3 is 6.18 Å². The van der Waals surface area contributed by atoms with E-state index < -0.39 is 11.7 Å². The molecule has 0 saturated heterocycles. The molecule has 20 heavy (non-hydrogen) atoms. The summed E-state index contributed by atoms with van der Waals surface area (Å²) in [4.78, 5) is 4.27. The zero-order valence-corrected chi connectivity index (χ0v) is 10.8. The highest BCUT2D eigenvalue weighted by Gasteiger charge is 2.30. The average Bonchev–Trinajstić information content (AvgIpc) is 2.45. The first-order valence-electron chi connectivity index (χ1n) is 6.30. The minimum Gasteiger partial charge on any atom is -0.330 e. The molecule has 1 heterocycles. The highest BCUT2D eigenvalue weighted by molar-refractivity contribution is 5.32. The Kier molecular flexibility index (Phi) is 4.39. The summed E-state index contributed by atoms with van der Waals surface area (Å²) in [6.07, 6.45) is -2.00. The van der Waals surface area contributed by atoms with Crippen LogP contribution in [0.4, 0.5) is 13.2 Å². The van der Waals surface area contributed by atoms with Gasteiger partial charge in [-0.1, -0.05) is 18.2 Å². The largest absolute Gasteiger partial charge is 0.416 e. The Morgan fingerprint density at radius 3 is 2.25 bits per heavy atom. The number of alkyl halides is 3. The Morgan fingerprint density at radius 1 is 1.05 bits per heavy atom. The van der Waals surface area contributed by atoms with Crippen molar-refractivity contribution in [1.82, 2.24) is 4.98 Å². The Balaban J connectivity index is 2.31. The van der Waals surface area contributed by atoms with Crippen LogP contribution in [0.15, 0.2) is 48.7 Å². The van der Waals surface area contributed by atoms with Gasteiger partial charge in [0.1, 0.15) is 0 Å². The van der Waals surface area contributed by atoms with Gasteiger partial charge in [0.25, 0.3) is 0 Å². The lowest BCUT2D eigenvalue weighted by atomic mass is 9.91. The Labute approximate surface area is 115 Å². The first-order valence-corrected chi connectivity index (χ1v) is 6.30. The molecule has 2 N–H and O–H groups in total. The normalized spacial score (nSPS) is 13.2. The maximum atomic E-state index is 12.6. The molecule has 1 aromatic carbocycles. The Hall–Kier alpha value is -1.88. The average molecular weight is 280 g/mol. The number of aromatic nitrogens is 1. The van der Waals surface area contributed by atoms with Crippen LogP contribution in [-0.4, -0.2) is 11.5 Å². The molecule has 2 nitrogen and oxygen atoms in total. The topological polar surface area (TPSA) is 38.9 Å². The van der Waals surface area contributed by atoms with Gasteiger partial charge in [-0.05, 0) is 42.8 Å². The molecule has 0 aliphatic carbocycles. The molecule has 2 aromatic rings. The quantitative estimate of drug-likeness (QED) is 0.929. The standard InChI is InChI=1S/C15H15F3N2/c16-15(17,18)12-6-4-11(5-7-12)13(8-9-19)14-3-1-2-10-20-14/h1-7,10,13H,8-9,19H2. The van der Waals surface area contributed by atoms with Crippen LogP contribution in [0.2, 0.25) is 0 Å². The van der Waals surface area contributed by atoms with E-state index in [1.807, 2.05) is 12.1 Å². The van der Waals surface area contributed by atoms with E-state index in [1.165, 1.54) is 12.1 Å². The zero-order valence-electron chi connectivity index (χ0n) is 10.8. The number of hydrogen-bond acceptors (Lipinski definition) is 2. The third-order valence-electron chi connectivity index (χ3n) is 3.14. The van der Waals surface area contributed by atoms with E-state index in [0.717, 1.165) is 23.4 Å². The van der Waals surface area contributed by atoms with Crippen molar-refractivity contribution in [3.05, 3.63) is 65.5 Å². The second kappa shape index (κ2) is 6.05. The predicted octanol–water partition coefficient (Wildman–Crippen LogP) is 3.58. The predicted molar refractivity (Wildman–Crippen MR) is 71.2 cm³/mol. The molecule has 5 heteroatoms. The van der Waals surface area contributed by atoms with Gasteiger partial charge in [-0.3, -0.25) is 4.98 Å². The van der Waals surface area contributed by atoms with Crippen LogP contribution in [0.5, 0.6) is 0 Å². The van der Waals surface area contributed by atoms with E-state index in [4.69, 9.17) is 5.73 Å². The van der Waals surface area contributed by atoms with E-state index in [9.17, 15) is 13.2 Å². The van der Waals surface area contributed by atoms with Crippen molar-refractivity contribution < 1.29 is 13.2 Å². The number of rotatable bonds is 4. The lowest BCUT2D eigenvalue weighted by molar-refractivity contribution is -0.137. The molecule has 1 unspecified atom stereocenters. The molecule has 1 aromatic heterocycles. The van der Waals surface area contributed by atoms with E-state index in [1.54, 1.807) is 12.3 Å². The monoisotopic (exact) mass is 280 g/mol. The Bertz CT molecular complexity index is 535. The van der Waals surface area contributed by atoms with Crippen molar-refractivity contribution in [2.45, 2.75) is 18.5 Å². The fraction of sp³-hybridized carbons (Fsp3) is 0.267. The number of hydrogen-bond donors (Lipinski definition) is 1. The van der Waals surface area contributed by atoms with Gasteiger partial charge in [0, 0.05) is 17.8 Å². The minimum absolute atomic E-state index is 0.0801. The number of benzene rings is 1. The lowest BCUT2D eigenvalue weighted by Crippen LogP contribution is -2.11. The first kappa shape index (κ1) is 14.5. The number of nitrogens with two attached hydrogens (primary N) is 1. The van der Waals surface area contributed by atoms with Crippen molar-refractivity contribution in [1.29, 1.82) is 0 Å². The fourth-order valence-electron chi connectivity index (χ4n) is 2.14. The molecule has 0 aliphatic rings. The second-order valence-electron chi connectivity index (χ2n) is 4.50. The SMILES string of the molecule is NCCC(c1ccc(C(F)(F)F)cc1)c1ccccn1. The van der Waals surface area contributed by atoms with E-state index in [-0.39, 0.29) is 5.92 Å². The molecule has 0 spiro atoms. The zero-order chi connectivity index (χ0) is 14.6. The van der Waals surface area contributed by atoms with Crippen LogP contribution in [0, 0.1) is 0 Å². The van der Waals surface area contributed by atoms with Crippen molar-refractivity contribution in [3.63, 3.8) is 0 Å². The fourth-order valence-corrected chi connectivity index (χ4v) is 2.14. The highest BCUT2D eigenvalue weighted by atomic mass is 19.4. The van der Waals surface area contributed by atoms with Crippen molar-refractivity contribution in [2.24, 2.45) is 5.73 Å². The molecule has 0 aliphatic heterocycles. The van der Waals surface area contributed by atoms with Crippen LogP contribution in [-0.2, 0) is 6.18 Å². The van der Waals surface area contributed by atoms with E-state index in [0.29, 0.717) is 13.0 Å². The maximum absolute atomic E-state index is 12.6. The summed E-state index contributed by atoms with van der Waals surface area (Å²) in [5, 5.41) is 0. The molecule has 106 valence electrons. The molecular weight excluding hydrogens is 265 g/mol. The summed E-state index contributed by atoms with van der Waals surface area (Å²) in [6.45, 7) is 0.447. The van der Waals surface area contributed by atoms with Crippen molar-refractivity contribution in [3.8, 4) is 0 Å². The summed E-state index contributed by atoms with van der Waals surface area (Å²) >= 11 is 0. The molecule has 0 radical (unpaired) electrons. The van der Waals surface area contributed by atoms with Gasteiger partial charge in [0.2, 0.25) is 0 Å². The van der Waals surface area contributed by atoms with Gasteiger partial charge in [0.05, 0.1) is 5.56 Å². The third-order valence-corrected chi connectivity index (χ3v) is 3.14. The maximum Gasteiger partial charge on any atom is 0.416 e. The van der Waals surface area contributed by atoms with Crippen molar-refractivity contribution >= 4 is 0 Å². The molecule has 0 amide bonds. The first-order chi connectivity index (χ1) is 9.52. The van der Waals surface area contributed by atoms with E-state index in [2.05, 4.69) is 4.98 Å². The summed E-state index contributed by atoms with van der Waals surface area (Å²) in [7, 11) is 0. The third kappa shape index (κ3) is 3.36. The Morgan fingerprint density at radius 2 is 1.75 bits per heavy atom. The van der Waals surface area contributed by atoms with Crippen LogP contribution in [0.3, 0.4) is 0 Å². The molecule has 2 rings (SSSR count). The summed E-state index contributed by atoms with van der Waals surface area (Å²) in [6, 6.07) is 10.7. The van der Waals surface area contributed by atoms with Gasteiger partial charge in [0.15, 0.2) is 0 Å². The highest BCUT2D eigenvalue weighted by Crippen LogP contribution is 2.32. The van der Waals surface area contributed by atoms with Crippen molar-refractivity contribution in [2.75, 3.05) is 6.54 Å². The van der Waals surface area contributed by atoms with Gasteiger partial charge < -0.3 is 5.73 Å². The summed E-state index contributed by atoms with van der Waals surface area (Å²) in [5.41, 5.74) is 6.56. The van der Waals surface area contributed by atoms with Crippen LogP contribution in [0.25, 0.3) is 0 Å². The second-order valence-corrected chi connectivity index (χ2v) is 4.50. The van der Waals surface area contributed by atoms with E-state index >= 15 is 0 Å². The van der Waals surface area contributed by atoms with Crippen LogP contribution < -0.4 is 5.73 Å². The minimum atomic E-state index is -4.31. The molecule has 0 fully saturated rings. The van der Waals surface area contributed by atoms with Gasteiger partial charge in [-0.25, -0.2) is 0 Å². The van der Waals surface area contributed by atoms with Crippen LogP contribution in [0.1, 0.15) is 29.2 Å². The van der Waals surface area contributed by atoms with Gasteiger partial charge in [-0.2, -0.15) is 13.2 Å². The number of nitrogens with zero attached hydrogens (tertiary/aromatic N) is 1. The summed E-state index contributed by atoms with van der Waals surface area (Å²) < 4.78 is 37.7. The van der Waals surface area contributed by atoms with Crippen LogP contribution >= 0.6 is 0 Å².